The molecule has 1 N–H and O–H groups in total. The minimum absolute atomic E-state index is 0.101. The topological polar surface area (TPSA) is 62.1 Å². The van der Waals surface area contributed by atoms with Crippen molar-refractivity contribution in [1.82, 2.24) is 0 Å². The molecule has 0 saturated carbocycles. The fourth-order valence-electron chi connectivity index (χ4n) is 2.31. The molecule has 0 unspecified atom stereocenters. The molecule has 0 amide bonds. The van der Waals surface area contributed by atoms with E-state index < -0.39 is 52.6 Å². The Kier molecular flexibility index (Phi) is 6.77. The van der Waals surface area contributed by atoms with E-state index in [1.807, 2.05) is 5.32 Å². The van der Waals surface area contributed by atoms with E-state index in [-0.39, 0.29) is 11.6 Å². The quantitative estimate of drug-likeness (QED) is 0.241. The number of benzene rings is 2. The number of Topliss-reactive ketones (excluding diaryl/α,β-unsaturated/α-hetero) is 1. The van der Waals surface area contributed by atoms with Crippen LogP contribution in [-0.4, -0.2) is 12.1 Å². The summed E-state index contributed by atoms with van der Waals surface area (Å²) >= 11 is 0. The lowest BCUT2D eigenvalue weighted by Gasteiger charge is -2.14. The molecule has 0 atom stereocenters. The van der Waals surface area contributed by atoms with Crippen LogP contribution in [0.15, 0.2) is 54.2 Å². The molecule has 0 fully saturated rings. The van der Waals surface area contributed by atoms with Gasteiger partial charge >= 0.3 is 18.7 Å². The zero-order chi connectivity index (χ0) is 24.3. The third-order valence-electron chi connectivity index (χ3n) is 3.69. The van der Waals surface area contributed by atoms with Crippen molar-refractivity contribution in [2.45, 2.75) is 18.7 Å². The molecule has 32 heavy (non-hydrogen) atoms. The van der Waals surface area contributed by atoms with Crippen molar-refractivity contribution in [2.24, 2.45) is 0 Å². The van der Waals surface area contributed by atoms with Crippen molar-refractivity contribution in [1.29, 1.82) is 5.26 Å². The maximum Gasteiger partial charge on any atom is 0.573 e. The molecule has 0 radical (unpaired) electrons. The molecule has 0 aliphatic rings. The molecule has 0 aromatic heterocycles. The SMILES string of the molecule is N#C/C(=C\Nc1cc(C(F)(F)F)cc(C(F)(F)F)c1)C(=O)c1ccc(OC(F)(F)F)cc1. The van der Waals surface area contributed by atoms with E-state index >= 15 is 0 Å². The summed E-state index contributed by atoms with van der Waals surface area (Å²) in [5, 5.41) is 11.1. The summed E-state index contributed by atoms with van der Waals surface area (Å²) in [6.07, 6.45) is -14.6. The Morgan fingerprint density at radius 2 is 1.38 bits per heavy atom. The second kappa shape index (κ2) is 8.81. The van der Waals surface area contributed by atoms with E-state index in [9.17, 15) is 44.3 Å². The number of anilines is 1. The molecular formula is C19H9F9N2O2. The Balaban J connectivity index is 2.31. The molecule has 0 bridgehead atoms. The highest BCUT2D eigenvalue weighted by Gasteiger charge is 2.37. The van der Waals surface area contributed by atoms with Crippen LogP contribution in [0.4, 0.5) is 45.2 Å². The minimum atomic E-state index is -5.10. The van der Waals surface area contributed by atoms with Gasteiger partial charge < -0.3 is 10.1 Å². The van der Waals surface area contributed by atoms with Crippen molar-refractivity contribution >= 4 is 11.5 Å². The van der Waals surface area contributed by atoms with Gasteiger partial charge in [0.25, 0.3) is 0 Å². The van der Waals surface area contributed by atoms with Crippen LogP contribution in [0.2, 0.25) is 0 Å². The molecule has 0 heterocycles. The molecule has 2 aromatic carbocycles. The van der Waals surface area contributed by atoms with E-state index in [2.05, 4.69) is 4.74 Å². The summed E-state index contributed by atoms with van der Waals surface area (Å²) in [7, 11) is 0. The predicted molar refractivity (Wildman–Crippen MR) is 91.2 cm³/mol. The predicted octanol–water partition coefficient (Wildman–Crippen LogP) is 6.33. The van der Waals surface area contributed by atoms with Gasteiger partial charge in [0.1, 0.15) is 17.4 Å². The lowest BCUT2D eigenvalue weighted by Crippen LogP contribution is -2.17. The van der Waals surface area contributed by atoms with Crippen LogP contribution in [0.25, 0.3) is 0 Å². The van der Waals surface area contributed by atoms with Gasteiger partial charge in [0, 0.05) is 17.5 Å². The zero-order valence-corrected chi connectivity index (χ0v) is 15.3. The molecule has 170 valence electrons. The van der Waals surface area contributed by atoms with Crippen LogP contribution in [0.5, 0.6) is 5.75 Å². The maximum atomic E-state index is 12.9. The largest absolute Gasteiger partial charge is 0.573 e. The number of hydrogen-bond acceptors (Lipinski definition) is 4. The summed E-state index contributed by atoms with van der Waals surface area (Å²) in [4.78, 5) is 12.3. The monoisotopic (exact) mass is 468 g/mol. The summed E-state index contributed by atoms with van der Waals surface area (Å²) in [6.45, 7) is 0. The summed E-state index contributed by atoms with van der Waals surface area (Å²) in [5.74, 6) is -1.71. The van der Waals surface area contributed by atoms with Crippen LogP contribution in [-0.2, 0) is 12.4 Å². The van der Waals surface area contributed by atoms with E-state index in [4.69, 9.17) is 5.26 Å². The molecule has 13 heteroatoms. The van der Waals surface area contributed by atoms with E-state index in [0.29, 0.717) is 18.3 Å². The van der Waals surface area contributed by atoms with Gasteiger partial charge in [-0.25, -0.2) is 0 Å². The highest BCUT2D eigenvalue weighted by Crippen LogP contribution is 2.37. The first kappa shape index (κ1) is 24.6. The maximum absolute atomic E-state index is 12.9. The smallest absolute Gasteiger partial charge is 0.406 e. The van der Waals surface area contributed by atoms with Crippen molar-refractivity contribution in [2.75, 3.05) is 5.32 Å². The number of ketones is 1. The van der Waals surface area contributed by atoms with Crippen molar-refractivity contribution in [3.05, 3.63) is 70.9 Å². The van der Waals surface area contributed by atoms with Gasteiger partial charge in [0.15, 0.2) is 0 Å². The summed E-state index contributed by atoms with van der Waals surface area (Å²) in [6, 6.07) is 5.33. The lowest BCUT2D eigenvalue weighted by molar-refractivity contribution is -0.274. The van der Waals surface area contributed by atoms with Crippen LogP contribution < -0.4 is 10.1 Å². The fraction of sp³-hybridized carbons (Fsp3) is 0.158. The minimum Gasteiger partial charge on any atom is -0.406 e. The first-order chi connectivity index (χ1) is 14.6. The molecule has 0 aliphatic heterocycles. The summed E-state index contributed by atoms with van der Waals surface area (Å²) < 4.78 is 117. The summed E-state index contributed by atoms with van der Waals surface area (Å²) in [5.41, 5.74) is -4.96. The number of nitrogens with zero attached hydrogens (tertiary/aromatic N) is 1. The Morgan fingerprint density at radius 3 is 1.78 bits per heavy atom. The van der Waals surface area contributed by atoms with E-state index in [1.165, 1.54) is 6.07 Å². The number of nitrogens with one attached hydrogen (secondary N) is 1. The van der Waals surface area contributed by atoms with Gasteiger partial charge in [-0.05, 0) is 42.5 Å². The highest BCUT2D eigenvalue weighted by molar-refractivity contribution is 6.11. The second-order valence-corrected chi connectivity index (χ2v) is 6.01. The van der Waals surface area contributed by atoms with Crippen LogP contribution in [0.3, 0.4) is 0 Å². The highest BCUT2D eigenvalue weighted by atomic mass is 19.4. The standard InChI is InChI=1S/C19H9F9N2O2/c20-17(21,22)12-5-13(18(23,24)25)7-14(6-12)30-9-11(8-29)16(31)10-1-3-15(4-2-10)32-19(26,27)28/h1-7,9,30H/b11-9+. The average Bonchev–Trinajstić information content (AvgIpc) is 2.66. The average molecular weight is 468 g/mol. The third-order valence-corrected chi connectivity index (χ3v) is 3.69. The van der Waals surface area contributed by atoms with Gasteiger partial charge in [-0.1, -0.05) is 0 Å². The Hall–Kier alpha value is -3.69. The van der Waals surface area contributed by atoms with Crippen molar-refractivity contribution < 1.29 is 49.0 Å². The van der Waals surface area contributed by atoms with Crippen LogP contribution in [0, 0.1) is 11.3 Å². The number of rotatable bonds is 5. The number of allylic oxidation sites excluding steroid dienone is 1. The first-order valence-electron chi connectivity index (χ1n) is 8.17. The number of ether oxygens (including phenoxy) is 1. The molecule has 4 nitrogen and oxygen atoms in total. The Labute approximate surface area is 173 Å². The molecule has 0 spiro atoms. The molecule has 0 saturated heterocycles. The number of alkyl halides is 9. The first-order valence-corrected chi connectivity index (χ1v) is 8.17. The number of nitriles is 1. The van der Waals surface area contributed by atoms with Crippen LogP contribution in [0.1, 0.15) is 21.5 Å². The lowest BCUT2D eigenvalue weighted by atomic mass is 10.0. The normalized spacial score (nSPS) is 12.8. The van der Waals surface area contributed by atoms with Crippen molar-refractivity contribution in [3.63, 3.8) is 0 Å². The van der Waals surface area contributed by atoms with Crippen LogP contribution >= 0.6 is 0 Å². The number of carbonyl (C=O) groups is 1. The Bertz CT molecular complexity index is 1030. The Morgan fingerprint density at radius 1 is 0.875 bits per heavy atom. The van der Waals surface area contributed by atoms with Gasteiger partial charge in [0.2, 0.25) is 5.78 Å². The van der Waals surface area contributed by atoms with Gasteiger partial charge in [0.05, 0.1) is 11.1 Å². The molecule has 2 rings (SSSR count). The van der Waals surface area contributed by atoms with Crippen molar-refractivity contribution in [3.8, 4) is 11.8 Å². The van der Waals surface area contributed by atoms with Gasteiger partial charge in [-0.2, -0.15) is 31.6 Å². The molecule has 2 aromatic rings. The van der Waals surface area contributed by atoms with E-state index in [1.54, 1.807) is 0 Å². The van der Waals surface area contributed by atoms with Gasteiger partial charge in [-0.3, -0.25) is 4.79 Å². The third kappa shape index (κ3) is 6.66. The number of halogens is 9. The zero-order valence-electron chi connectivity index (χ0n) is 15.3. The molecule has 0 aliphatic carbocycles. The van der Waals surface area contributed by atoms with Gasteiger partial charge in [-0.15, -0.1) is 13.2 Å². The second-order valence-electron chi connectivity index (χ2n) is 6.01. The number of carbonyl (C=O) groups excluding carboxylic acids is 1. The number of hydrogen-bond donors (Lipinski definition) is 1. The fourth-order valence-corrected chi connectivity index (χ4v) is 2.31. The van der Waals surface area contributed by atoms with E-state index in [0.717, 1.165) is 24.3 Å². The molecular weight excluding hydrogens is 459 g/mol.